The molecule has 0 radical (unpaired) electrons. The molecule has 0 bridgehead atoms. The van der Waals surface area contributed by atoms with E-state index in [0.29, 0.717) is 5.41 Å². The summed E-state index contributed by atoms with van der Waals surface area (Å²) >= 11 is 3.51. The minimum atomic E-state index is -3.49. The molecule has 25 heavy (non-hydrogen) atoms. The summed E-state index contributed by atoms with van der Waals surface area (Å²) in [6, 6.07) is 16.4. The molecule has 0 atom stereocenters. The fourth-order valence-corrected chi connectivity index (χ4v) is 4.72. The van der Waals surface area contributed by atoms with Gasteiger partial charge in [0.1, 0.15) is 0 Å². The van der Waals surface area contributed by atoms with Crippen molar-refractivity contribution in [2.24, 2.45) is 10.6 Å². The number of benzene rings is 2. The highest BCUT2D eigenvalue weighted by molar-refractivity contribution is 9.10. The Labute approximate surface area is 157 Å². The summed E-state index contributed by atoms with van der Waals surface area (Å²) in [5, 5.41) is 5.14. The average Bonchev–Trinajstić information content (AvgIpc) is 3.19. The van der Waals surface area contributed by atoms with Gasteiger partial charge in [-0.25, -0.2) is 13.6 Å². The van der Waals surface area contributed by atoms with Crippen molar-refractivity contribution in [3.05, 3.63) is 69.7 Å². The van der Waals surface area contributed by atoms with E-state index in [2.05, 4.69) is 40.2 Å². The first-order chi connectivity index (χ1) is 11.8. The third-order valence-corrected chi connectivity index (χ3v) is 6.55. The monoisotopic (exact) mass is 417 g/mol. The maximum absolute atomic E-state index is 11.3. The van der Waals surface area contributed by atoms with E-state index in [1.807, 2.05) is 24.3 Å². The van der Waals surface area contributed by atoms with E-state index in [9.17, 15) is 8.42 Å². The summed E-state index contributed by atoms with van der Waals surface area (Å²) in [6.45, 7) is 0. The first-order valence-electron chi connectivity index (χ1n) is 8.41. The Balaban J connectivity index is 1.70. The molecular weight excluding hydrogens is 398 g/mol. The second-order valence-electron chi connectivity index (χ2n) is 7.32. The number of rotatable bonds is 4. The number of primary sulfonamides is 1. The fraction of sp³-hybridized carbons (Fsp3) is 0.300. The summed E-state index contributed by atoms with van der Waals surface area (Å²) in [5.41, 5.74) is 6.52. The van der Waals surface area contributed by atoms with Crippen LogP contribution in [0.4, 0.5) is 0 Å². The minimum Gasteiger partial charge on any atom is -0.228 e. The van der Waals surface area contributed by atoms with Crippen molar-refractivity contribution < 1.29 is 8.42 Å². The molecular formula is C20H20BrNO2S. The molecule has 0 aliphatic heterocycles. The Morgan fingerprint density at radius 3 is 1.80 bits per heavy atom. The standard InChI is InChI=1S/C20H20BrNO2S/c21-17-7-5-16(6-8-17)19-12-20(9-10-20)11-18(19)15-3-1-14(2-4-15)13-25(22,23)24/h1-8H,9-13H2,(H2,22,23,24). The van der Waals surface area contributed by atoms with E-state index < -0.39 is 10.0 Å². The number of hydrogen-bond acceptors (Lipinski definition) is 2. The van der Waals surface area contributed by atoms with Gasteiger partial charge in [-0.15, -0.1) is 0 Å². The summed E-state index contributed by atoms with van der Waals surface area (Å²) in [6.07, 6.45) is 4.87. The lowest BCUT2D eigenvalue weighted by Gasteiger charge is -2.09. The lowest BCUT2D eigenvalue weighted by molar-refractivity contribution is 0.568. The van der Waals surface area contributed by atoms with Crippen molar-refractivity contribution in [2.75, 3.05) is 0 Å². The topological polar surface area (TPSA) is 60.2 Å². The van der Waals surface area contributed by atoms with Gasteiger partial charge in [-0.1, -0.05) is 52.3 Å². The van der Waals surface area contributed by atoms with Crippen LogP contribution in [0, 0.1) is 5.41 Å². The number of hydrogen-bond donors (Lipinski definition) is 1. The molecule has 1 saturated carbocycles. The predicted molar refractivity (Wildman–Crippen MR) is 105 cm³/mol. The smallest absolute Gasteiger partial charge is 0.213 e. The van der Waals surface area contributed by atoms with Gasteiger partial charge >= 0.3 is 0 Å². The molecule has 2 N–H and O–H groups in total. The van der Waals surface area contributed by atoms with E-state index in [1.54, 1.807) is 0 Å². The largest absolute Gasteiger partial charge is 0.228 e. The third-order valence-electron chi connectivity index (χ3n) is 5.29. The molecule has 1 fully saturated rings. The van der Waals surface area contributed by atoms with Gasteiger partial charge < -0.3 is 0 Å². The van der Waals surface area contributed by atoms with Crippen molar-refractivity contribution >= 4 is 37.1 Å². The maximum Gasteiger partial charge on any atom is 0.213 e. The number of allylic oxidation sites excluding steroid dienone is 2. The van der Waals surface area contributed by atoms with Gasteiger partial charge in [0.25, 0.3) is 0 Å². The van der Waals surface area contributed by atoms with Crippen molar-refractivity contribution in [1.82, 2.24) is 0 Å². The van der Waals surface area contributed by atoms with E-state index in [1.165, 1.54) is 35.1 Å². The van der Waals surface area contributed by atoms with E-state index in [0.717, 1.165) is 22.9 Å². The first kappa shape index (κ1) is 17.0. The van der Waals surface area contributed by atoms with E-state index in [-0.39, 0.29) is 5.75 Å². The zero-order chi connectivity index (χ0) is 17.7. The van der Waals surface area contributed by atoms with E-state index in [4.69, 9.17) is 5.14 Å². The van der Waals surface area contributed by atoms with Crippen LogP contribution in [0.3, 0.4) is 0 Å². The lowest BCUT2D eigenvalue weighted by Crippen LogP contribution is -2.14. The second-order valence-corrected chi connectivity index (χ2v) is 9.85. The van der Waals surface area contributed by atoms with Crippen LogP contribution in [0.15, 0.2) is 53.0 Å². The summed E-state index contributed by atoms with van der Waals surface area (Å²) in [7, 11) is -3.49. The Morgan fingerprint density at radius 1 is 0.880 bits per heavy atom. The summed E-state index contributed by atoms with van der Waals surface area (Å²) < 4.78 is 23.6. The van der Waals surface area contributed by atoms with Gasteiger partial charge in [-0.3, -0.25) is 0 Å². The zero-order valence-electron chi connectivity index (χ0n) is 13.8. The molecule has 0 unspecified atom stereocenters. The van der Waals surface area contributed by atoms with Crippen molar-refractivity contribution in [3.8, 4) is 0 Å². The van der Waals surface area contributed by atoms with Crippen LogP contribution in [-0.2, 0) is 15.8 Å². The third kappa shape index (κ3) is 3.73. The molecule has 130 valence electrons. The molecule has 3 nitrogen and oxygen atoms in total. The molecule has 4 rings (SSSR count). The summed E-state index contributed by atoms with van der Waals surface area (Å²) in [4.78, 5) is 0. The highest BCUT2D eigenvalue weighted by atomic mass is 79.9. The lowest BCUT2D eigenvalue weighted by atomic mass is 9.96. The van der Waals surface area contributed by atoms with Crippen LogP contribution in [0.5, 0.6) is 0 Å². The predicted octanol–water partition coefficient (Wildman–Crippen LogP) is 4.72. The SMILES string of the molecule is NS(=O)(=O)Cc1ccc(C2=C(c3ccc(Br)cc3)CC3(CC3)C2)cc1. The molecule has 2 aliphatic carbocycles. The molecule has 1 spiro atoms. The van der Waals surface area contributed by atoms with Crippen LogP contribution in [0.1, 0.15) is 42.4 Å². The summed E-state index contributed by atoms with van der Waals surface area (Å²) in [5.74, 6) is -0.115. The molecule has 0 saturated heterocycles. The minimum absolute atomic E-state index is 0.115. The molecule has 0 aromatic heterocycles. The highest BCUT2D eigenvalue weighted by Gasteiger charge is 2.48. The Kier molecular flexibility index (Phi) is 4.13. The molecule has 0 heterocycles. The van der Waals surface area contributed by atoms with Crippen LogP contribution >= 0.6 is 15.9 Å². The number of sulfonamides is 1. The van der Waals surface area contributed by atoms with E-state index >= 15 is 0 Å². The van der Waals surface area contributed by atoms with Gasteiger partial charge in [0.2, 0.25) is 10.0 Å². The first-order valence-corrected chi connectivity index (χ1v) is 10.9. The van der Waals surface area contributed by atoms with Gasteiger partial charge in [-0.05, 0) is 71.1 Å². The Morgan fingerprint density at radius 2 is 1.36 bits per heavy atom. The Hall–Kier alpha value is -1.43. The highest BCUT2D eigenvalue weighted by Crippen LogP contribution is 2.63. The quantitative estimate of drug-likeness (QED) is 0.781. The number of nitrogens with two attached hydrogens (primary N) is 1. The molecule has 5 heteroatoms. The van der Waals surface area contributed by atoms with Gasteiger partial charge in [0.05, 0.1) is 5.75 Å². The molecule has 2 aromatic carbocycles. The van der Waals surface area contributed by atoms with Crippen molar-refractivity contribution in [3.63, 3.8) is 0 Å². The van der Waals surface area contributed by atoms with Gasteiger partial charge in [-0.2, -0.15) is 0 Å². The second kappa shape index (κ2) is 6.08. The fourth-order valence-electron chi connectivity index (χ4n) is 3.79. The number of halogens is 1. The Bertz CT molecular complexity index is 940. The van der Waals surface area contributed by atoms with Crippen LogP contribution < -0.4 is 5.14 Å². The van der Waals surface area contributed by atoms with Crippen LogP contribution in [-0.4, -0.2) is 8.42 Å². The maximum atomic E-state index is 11.3. The van der Waals surface area contributed by atoms with Crippen LogP contribution in [0.2, 0.25) is 0 Å². The van der Waals surface area contributed by atoms with Gasteiger partial charge in [0, 0.05) is 4.47 Å². The molecule has 2 aliphatic rings. The van der Waals surface area contributed by atoms with Gasteiger partial charge in [0.15, 0.2) is 0 Å². The molecule has 2 aromatic rings. The average molecular weight is 418 g/mol. The van der Waals surface area contributed by atoms with Crippen molar-refractivity contribution in [2.45, 2.75) is 31.4 Å². The normalized spacial score (nSPS) is 18.8. The van der Waals surface area contributed by atoms with Crippen molar-refractivity contribution in [1.29, 1.82) is 0 Å². The molecule has 0 amide bonds. The zero-order valence-corrected chi connectivity index (χ0v) is 16.2. The van der Waals surface area contributed by atoms with Crippen LogP contribution in [0.25, 0.3) is 11.1 Å².